The lowest BCUT2D eigenvalue weighted by Gasteiger charge is -2.19. The van der Waals surface area contributed by atoms with Crippen LogP contribution in [0.3, 0.4) is 0 Å². The van der Waals surface area contributed by atoms with Gasteiger partial charge in [0.15, 0.2) is 0 Å². The molecule has 1 unspecified atom stereocenters. The molecule has 0 N–H and O–H groups in total. The van der Waals surface area contributed by atoms with E-state index < -0.39 is 0 Å². The number of rotatable bonds is 4. The van der Waals surface area contributed by atoms with E-state index >= 15 is 0 Å². The Morgan fingerprint density at radius 2 is 2.12 bits per heavy atom. The lowest BCUT2D eigenvalue weighted by Crippen LogP contribution is -2.10. The topological polar surface area (TPSA) is 9.23 Å². The standard InChI is InChI=1S/C15H18O/c1-13(14-8-4-2-5-9-14)12-16-15-10-6-3-7-11-15/h3-4,6-8,10-11,14H,1-2,5,9,12H2. The highest BCUT2D eigenvalue weighted by molar-refractivity contribution is 5.22. The fourth-order valence-corrected chi connectivity index (χ4v) is 1.95. The molecule has 1 heteroatoms. The molecule has 0 amide bonds. The molecule has 1 aliphatic rings. The van der Waals surface area contributed by atoms with Crippen molar-refractivity contribution in [2.75, 3.05) is 6.61 Å². The van der Waals surface area contributed by atoms with Crippen LogP contribution in [0.2, 0.25) is 0 Å². The van der Waals surface area contributed by atoms with Gasteiger partial charge in [0.2, 0.25) is 0 Å². The van der Waals surface area contributed by atoms with Crippen LogP contribution in [0.1, 0.15) is 19.3 Å². The third kappa shape index (κ3) is 2.99. The molecule has 1 atom stereocenters. The Hall–Kier alpha value is -1.50. The van der Waals surface area contributed by atoms with Gasteiger partial charge in [-0.05, 0) is 37.0 Å². The minimum atomic E-state index is 0.512. The van der Waals surface area contributed by atoms with Crippen molar-refractivity contribution in [2.24, 2.45) is 5.92 Å². The molecule has 0 heterocycles. The molecule has 1 aromatic rings. The van der Waals surface area contributed by atoms with Gasteiger partial charge in [-0.1, -0.05) is 36.9 Å². The lowest BCUT2D eigenvalue weighted by molar-refractivity contribution is 0.337. The summed E-state index contributed by atoms with van der Waals surface area (Å²) in [7, 11) is 0. The quantitative estimate of drug-likeness (QED) is 0.689. The zero-order valence-corrected chi connectivity index (χ0v) is 9.56. The number of para-hydroxylation sites is 1. The largest absolute Gasteiger partial charge is 0.489 e. The molecule has 2 rings (SSSR count). The van der Waals surface area contributed by atoms with Gasteiger partial charge in [0, 0.05) is 5.92 Å². The van der Waals surface area contributed by atoms with Gasteiger partial charge in [0.05, 0.1) is 0 Å². The van der Waals surface area contributed by atoms with E-state index in [1.54, 1.807) is 0 Å². The Balaban J connectivity index is 1.84. The van der Waals surface area contributed by atoms with Crippen LogP contribution in [-0.4, -0.2) is 6.61 Å². The first-order valence-corrected chi connectivity index (χ1v) is 5.88. The van der Waals surface area contributed by atoms with E-state index in [0.29, 0.717) is 12.5 Å². The number of ether oxygens (including phenoxy) is 1. The summed E-state index contributed by atoms with van der Waals surface area (Å²) < 4.78 is 5.69. The smallest absolute Gasteiger partial charge is 0.119 e. The average Bonchev–Trinajstić information content (AvgIpc) is 2.38. The molecule has 0 saturated carbocycles. The van der Waals surface area contributed by atoms with Crippen molar-refractivity contribution >= 4 is 0 Å². The van der Waals surface area contributed by atoms with E-state index in [2.05, 4.69) is 18.7 Å². The summed E-state index contributed by atoms with van der Waals surface area (Å²) in [6, 6.07) is 9.91. The van der Waals surface area contributed by atoms with Crippen molar-refractivity contribution in [3.05, 3.63) is 54.6 Å². The Bertz CT molecular complexity index is 364. The third-order valence-corrected chi connectivity index (χ3v) is 2.95. The minimum Gasteiger partial charge on any atom is -0.489 e. The Morgan fingerprint density at radius 1 is 1.31 bits per heavy atom. The van der Waals surface area contributed by atoms with E-state index in [4.69, 9.17) is 4.74 Å². The minimum absolute atomic E-state index is 0.512. The summed E-state index contributed by atoms with van der Waals surface area (Å²) in [6.45, 7) is 4.74. The molecule has 1 aromatic carbocycles. The van der Waals surface area contributed by atoms with Gasteiger partial charge in [-0.25, -0.2) is 0 Å². The molecule has 84 valence electrons. The molecule has 0 radical (unpaired) electrons. The summed E-state index contributed by atoms with van der Waals surface area (Å²) >= 11 is 0. The zero-order valence-electron chi connectivity index (χ0n) is 9.56. The van der Waals surface area contributed by atoms with Gasteiger partial charge in [-0.2, -0.15) is 0 Å². The Labute approximate surface area is 97.4 Å². The van der Waals surface area contributed by atoms with Crippen LogP contribution in [-0.2, 0) is 0 Å². The number of benzene rings is 1. The Kier molecular flexibility index (Phi) is 3.81. The lowest BCUT2D eigenvalue weighted by atomic mass is 9.90. The molecule has 0 saturated heterocycles. The SMILES string of the molecule is C=C(COc1ccccc1)C1C=CCCC1. The number of hydrogen-bond donors (Lipinski definition) is 0. The monoisotopic (exact) mass is 214 g/mol. The van der Waals surface area contributed by atoms with Crippen LogP contribution < -0.4 is 4.74 Å². The van der Waals surface area contributed by atoms with Crippen LogP contribution in [0.5, 0.6) is 5.75 Å². The molecule has 0 spiro atoms. The van der Waals surface area contributed by atoms with Gasteiger partial charge >= 0.3 is 0 Å². The highest BCUT2D eigenvalue weighted by Crippen LogP contribution is 2.23. The van der Waals surface area contributed by atoms with Crippen molar-refractivity contribution < 1.29 is 4.74 Å². The van der Waals surface area contributed by atoms with E-state index in [1.165, 1.54) is 24.8 Å². The maximum absolute atomic E-state index is 5.69. The molecule has 1 aliphatic carbocycles. The highest BCUT2D eigenvalue weighted by Gasteiger charge is 2.12. The normalized spacial score (nSPS) is 19.4. The fraction of sp³-hybridized carbons (Fsp3) is 0.333. The molecule has 0 aromatic heterocycles. The van der Waals surface area contributed by atoms with Crippen LogP contribution in [0.15, 0.2) is 54.6 Å². The van der Waals surface area contributed by atoms with E-state index in [1.807, 2.05) is 30.3 Å². The van der Waals surface area contributed by atoms with Crippen LogP contribution in [0, 0.1) is 5.92 Å². The Morgan fingerprint density at radius 3 is 2.81 bits per heavy atom. The van der Waals surface area contributed by atoms with E-state index in [9.17, 15) is 0 Å². The highest BCUT2D eigenvalue weighted by atomic mass is 16.5. The van der Waals surface area contributed by atoms with Crippen molar-refractivity contribution in [1.29, 1.82) is 0 Å². The zero-order chi connectivity index (χ0) is 11.2. The first-order valence-electron chi connectivity index (χ1n) is 5.88. The second-order valence-corrected chi connectivity index (χ2v) is 4.23. The summed E-state index contributed by atoms with van der Waals surface area (Å²) in [5.74, 6) is 1.43. The van der Waals surface area contributed by atoms with Crippen molar-refractivity contribution in [2.45, 2.75) is 19.3 Å². The van der Waals surface area contributed by atoms with Crippen LogP contribution in [0.25, 0.3) is 0 Å². The summed E-state index contributed by atoms with van der Waals surface area (Å²) in [5.41, 5.74) is 1.18. The van der Waals surface area contributed by atoms with Crippen molar-refractivity contribution in [1.82, 2.24) is 0 Å². The molecule has 0 fully saturated rings. The second-order valence-electron chi connectivity index (χ2n) is 4.23. The van der Waals surface area contributed by atoms with Crippen molar-refractivity contribution in [3.8, 4) is 5.75 Å². The predicted octanol–water partition coefficient (Wildman–Crippen LogP) is 3.98. The summed E-state index contributed by atoms with van der Waals surface area (Å²) in [6.07, 6.45) is 8.21. The summed E-state index contributed by atoms with van der Waals surface area (Å²) in [5, 5.41) is 0. The van der Waals surface area contributed by atoms with Gasteiger partial charge in [0.1, 0.15) is 12.4 Å². The molecular weight excluding hydrogens is 196 g/mol. The third-order valence-electron chi connectivity index (χ3n) is 2.95. The van der Waals surface area contributed by atoms with Gasteiger partial charge in [0.25, 0.3) is 0 Å². The predicted molar refractivity (Wildman–Crippen MR) is 67.6 cm³/mol. The van der Waals surface area contributed by atoms with Crippen molar-refractivity contribution in [3.63, 3.8) is 0 Å². The molecule has 0 aliphatic heterocycles. The number of allylic oxidation sites excluding steroid dienone is 2. The maximum Gasteiger partial charge on any atom is 0.119 e. The molecule has 0 bridgehead atoms. The summed E-state index contributed by atoms with van der Waals surface area (Å²) in [4.78, 5) is 0. The van der Waals surface area contributed by atoms with Crippen LogP contribution >= 0.6 is 0 Å². The van der Waals surface area contributed by atoms with Gasteiger partial charge in [-0.15, -0.1) is 0 Å². The molecule has 1 nitrogen and oxygen atoms in total. The fourth-order valence-electron chi connectivity index (χ4n) is 1.95. The van der Waals surface area contributed by atoms with E-state index in [0.717, 1.165) is 5.75 Å². The second kappa shape index (κ2) is 5.55. The average molecular weight is 214 g/mol. The van der Waals surface area contributed by atoms with E-state index in [-0.39, 0.29) is 0 Å². The maximum atomic E-state index is 5.69. The van der Waals surface area contributed by atoms with Gasteiger partial charge in [-0.3, -0.25) is 0 Å². The number of hydrogen-bond acceptors (Lipinski definition) is 1. The molecule has 16 heavy (non-hydrogen) atoms. The first kappa shape index (κ1) is 11.0. The molecular formula is C15H18O. The first-order chi connectivity index (χ1) is 7.86. The van der Waals surface area contributed by atoms with Gasteiger partial charge < -0.3 is 4.74 Å². The van der Waals surface area contributed by atoms with Crippen LogP contribution in [0.4, 0.5) is 0 Å².